The summed E-state index contributed by atoms with van der Waals surface area (Å²) in [6, 6.07) is 9.88. The number of sulfonamides is 1. The summed E-state index contributed by atoms with van der Waals surface area (Å²) in [5.74, 6) is -0.602. The smallest absolute Gasteiger partial charge is 0.268 e. The van der Waals surface area contributed by atoms with E-state index in [4.69, 9.17) is 15.5 Å². The molecule has 0 spiro atoms. The van der Waals surface area contributed by atoms with Crippen molar-refractivity contribution in [2.75, 3.05) is 24.3 Å². The Balaban J connectivity index is 1.81. The topological polar surface area (TPSA) is 128 Å². The Hall–Kier alpha value is -3.73. The van der Waals surface area contributed by atoms with Crippen molar-refractivity contribution in [3.8, 4) is 17.0 Å². The number of carbonyl (C=O) groups excluding carboxylic acids is 1. The number of halogens is 1. The van der Waals surface area contributed by atoms with Gasteiger partial charge in [-0.1, -0.05) is 6.92 Å². The number of nitrogens with one attached hydrogen (secondary N) is 1. The van der Waals surface area contributed by atoms with Crippen molar-refractivity contribution in [3.05, 3.63) is 60.0 Å². The first kappa shape index (κ1) is 25.4. The Kier molecular flexibility index (Phi) is 6.61. The molecule has 1 atom stereocenters. The fraction of sp³-hybridized carbons (Fsp3) is 0.320. The molecule has 0 saturated carbocycles. The summed E-state index contributed by atoms with van der Waals surface area (Å²) in [4.78, 5) is 23.6. The number of ether oxygens (including phenoxy) is 1. The number of aromatic nitrogens is 2. The lowest BCUT2D eigenvalue weighted by atomic mass is 9.97. The number of benzene rings is 1. The number of nitrogens with zero attached hydrogens (tertiary/aromatic N) is 3. The van der Waals surface area contributed by atoms with Crippen LogP contribution in [0.15, 0.2) is 53.6 Å². The van der Waals surface area contributed by atoms with Gasteiger partial charge >= 0.3 is 0 Å². The van der Waals surface area contributed by atoms with Gasteiger partial charge in [0.2, 0.25) is 0 Å². The molecule has 4 rings (SSSR count). The molecular formula is C25H28FN5O4S. The van der Waals surface area contributed by atoms with E-state index in [2.05, 4.69) is 16.6 Å². The van der Waals surface area contributed by atoms with Crippen LogP contribution in [0.25, 0.3) is 11.3 Å². The summed E-state index contributed by atoms with van der Waals surface area (Å²) in [6.07, 6.45) is 2.21. The first-order chi connectivity index (χ1) is 16.9. The normalized spacial score (nSPS) is 17.1. The lowest BCUT2D eigenvalue weighted by Crippen LogP contribution is -2.41. The number of nitrogen functional groups attached to an aromatic ring is 1. The molecular weight excluding hydrogens is 485 g/mol. The van der Waals surface area contributed by atoms with Gasteiger partial charge in [-0.25, -0.2) is 27.5 Å². The molecule has 1 aliphatic rings. The minimum Gasteiger partial charge on any atom is -0.496 e. The Morgan fingerprint density at radius 3 is 2.64 bits per heavy atom. The Morgan fingerprint density at radius 2 is 2.00 bits per heavy atom. The SMILES string of the molecule is COc1cc(F)ccc1-c1ccc(C(=O)NS(=O)(=O)c2cccnc2N)c(N2C[C@@H](C)CC2(C)C)n1. The Labute approximate surface area is 209 Å². The van der Waals surface area contributed by atoms with Crippen LogP contribution in [0.4, 0.5) is 16.0 Å². The first-order valence-electron chi connectivity index (χ1n) is 11.3. The van der Waals surface area contributed by atoms with Gasteiger partial charge in [0, 0.05) is 29.9 Å². The van der Waals surface area contributed by atoms with Crippen molar-refractivity contribution in [1.29, 1.82) is 0 Å². The maximum atomic E-state index is 13.8. The van der Waals surface area contributed by atoms with Crippen LogP contribution in [0, 0.1) is 11.7 Å². The van der Waals surface area contributed by atoms with Crippen LogP contribution >= 0.6 is 0 Å². The molecule has 0 aliphatic carbocycles. The maximum absolute atomic E-state index is 13.8. The third kappa shape index (κ3) is 4.83. The zero-order valence-corrected chi connectivity index (χ0v) is 21.3. The predicted octanol–water partition coefficient (Wildman–Crippen LogP) is 3.62. The molecule has 36 heavy (non-hydrogen) atoms. The molecule has 3 aromatic rings. The van der Waals surface area contributed by atoms with Crippen LogP contribution < -0.4 is 20.1 Å². The summed E-state index contributed by atoms with van der Waals surface area (Å²) >= 11 is 0. The number of hydrogen-bond donors (Lipinski definition) is 2. The number of carbonyl (C=O) groups is 1. The minimum atomic E-state index is -4.29. The monoisotopic (exact) mass is 513 g/mol. The molecule has 190 valence electrons. The second-order valence-corrected chi connectivity index (χ2v) is 11.1. The van der Waals surface area contributed by atoms with Gasteiger partial charge in [0.05, 0.1) is 18.4 Å². The molecule has 1 aliphatic heterocycles. The molecule has 11 heteroatoms. The quantitative estimate of drug-likeness (QED) is 0.512. The van der Waals surface area contributed by atoms with E-state index >= 15 is 0 Å². The molecule has 0 bridgehead atoms. The van der Waals surface area contributed by atoms with E-state index in [1.165, 1.54) is 43.6 Å². The largest absolute Gasteiger partial charge is 0.496 e. The first-order valence-corrected chi connectivity index (χ1v) is 12.8. The fourth-order valence-electron chi connectivity index (χ4n) is 4.68. The zero-order valence-electron chi connectivity index (χ0n) is 20.4. The van der Waals surface area contributed by atoms with Crippen LogP contribution in [-0.2, 0) is 10.0 Å². The van der Waals surface area contributed by atoms with Gasteiger partial charge in [-0.2, -0.15) is 0 Å². The second kappa shape index (κ2) is 9.38. The summed E-state index contributed by atoms with van der Waals surface area (Å²) in [5, 5.41) is 0. The van der Waals surface area contributed by atoms with Gasteiger partial charge in [0.1, 0.15) is 28.1 Å². The average Bonchev–Trinajstić information content (AvgIpc) is 3.10. The van der Waals surface area contributed by atoms with Crippen molar-refractivity contribution in [1.82, 2.24) is 14.7 Å². The number of nitrogens with two attached hydrogens (primary N) is 1. The summed E-state index contributed by atoms with van der Waals surface area (Å²) < 4.78 is 47.0. The molecule has 3 heterocycles. The van der Waals surface area contributed by atoms with E-state index in [0.29, 0.717) is 29.5 Å². The number of rotatable bonds is 6. The third-order valence-corrected chi connectivity index (χ3v) is 7.58. The van der Waals surface area contributed by atoms with Crippen LogP contribution in [-0.4, -0.2) is 43.5 Å². The highest BCUT2D eigenvalue weighted by molar-refractivity contribution is 7.90. The van der Waals surface area contributed by atoms with Crippen LogP contribution in [0.3, 0.4) is 0 Å². The van der Waals surface area contributed by atoms with Crippen molar-refractivity contribution in [3.63, 3.8) is 0 Å². The molecule has 9 nitrogen and oxygen atoms in total. The highest BCUT2D eigenvalue weighted by atomic mass is 32.2. The van der Waals surface area contributed by atoms with Gasteiger partial charge in [-0.15, -0.1) is 0 Å². The zero-order chi connectivity index (χ0) is 26.3. The van der Waals surface area contributed by atoms with Gasteiger partial charge in [-0.05, 0) is 62.6 Å². The number of hydrogen-bond acceptors (Lipinski definition) is 8. The van der Waals surface area contributed by atoms with E-state index in [1.807, 2.05) is 18.7 Å². The lowest BCUT2D eigenvalue weighted by molar-refractivity contribution is 0.0981. The van der Waals surface area contributed by atoms with Gasteiger partial charge in [0.15, 0.2) is 0 Å². The van der Waals surface area contributed by atoms with Gasteiger partial charge < -0.3 is 15.4 Å². The Bertz CT molecular complexity index is 1430. The maximum Gasteiger partial charge on any atom is 0.268 e. The summed E-state index contributed by atoms with van der Waals surface area (Å²) in [5.41, 5.74) is 6.44. The van der Waals surface area contributed by atoms with E-state index in [-0.39, 0.29) is 27.6 Å². The molecule has 3 N–H and O–H groups in total. The van der Waals surface area contributed by atoms with Gasteiger partial charge in [0.25, 0.3) is 15.9 Å². The minimum absolute atomic E-state index is 0.0769. The van der Waals surface area contributed by atoms with Crippen molar-refractivity contribution < 1.29 is 22.3 Å². The standard InChI is InChI=1S/C25H28FN5O4S/c1-15-13-25(2,3)31(14-15)23-18(24(32)30-36(33,34)21-6-5-11-28-22(21)27)9-10-19(29-23)17-8-7-16(26)12-20(17)35-4/h5-12,15H,13-14H2,1-4H3,(H2,27,28)(H,30,32)/t15-/m0/s1. The highest BCUT2D eigenvalue weighted by Gasteiger charge is 2.39. The number of amides is 1. The molecule has 1 amide bonds. The third-order valence-electron chi connectivity index (χ3n) is 6.20. The van der Waals surface area contributed by atoms with E-state index in [1.54, 1.807) is 12.1 Å². The average molecular weight is 514 g/mol. The van der Waals surface area contributed by atoms with Crippen LogP contribution in [0.5, 0.6) is 5.75 Å². The summed E-state index contributed by atoms with van der Waals surface area (Å²) in [6.45, 7) is 6.80. The Morgan fingerprint density at radius 1 is 1.25 bits per heavy atom. The highest BCUT2D eigenvalue weighted by Crippen LogP contribution is 2.39. The van der Waals surface area contributed by atoms with E-state index in [9.17, 15) is 17.6 Å². The molecule has 1 saturated heterocycles. The number of anilines is 2. The van der Waals surface area contributed by atoms with Crippen LogP contribution in [0.1, 0.15) is 37.6 Å². The van der Waals surface area contributed by atoms with Gasteiger partial charge in [-0.3, -0.25) is 4.79 Å². The van der Waals surface area contributed by atoms with Crippen molar-refractivity contribution >= 4 is 27.6 Å². The lowest BCUT2D eigenvalue weighted by Gasteiger charge is -2.34. The second-order valence-electron chi connectivity index (χ2n) is 9.47. The molecule has 1 aromatic carbocycles. The van der Waals surface area contributed by atoms with E-state index < -0.39 is 21.7 Å². The molecule has 0 unspecified atom stereocenters. The number of methoxy groups -OCH3 is 1. The fourth-order valence-corrected chi connectivity index (χ4v) is 5.73. The molecule has 0 radical (unpaired) electrons. The summed E-state index contributed by atoms with van der Waals surface area (Å²) in [7, 11) is -2.86. The van der Waals surface area contributed by atoms with Crippen LogP contribution in [0.2, 0.25) is 0 Å². The molecule has 2 aromatic heterocycles. The van der Waals surface area contributed by atoms with E-state index in [0.717, 1.165) is 6.42 Å². The molecule has 1 fully saturated rings. The predicted molar refractivity (Wildman–Crippen MR) is 135 cm³/mol. The number of pyridine rings is 2. The van der Waals surface area contributed by atoms with Crippen molar-refractivity contribution in [2.24, 2.45) is 5.92 Å². The van der Waals surface area contributed by atoms with Crippen molar-refractivity contribution in [2.45, 2.75) is 37.6 Å².